The second-order valence-corrected chi connectivity index (χ2v) is 6.38. The van der Waals surface area contributed by atoms with Crippen LogP contribution in [0, 0.1) is 10.6 Å². The van der Waals surface area contributed by atoms with Gasteiger partial charge in [-0.1, -0.05) is 6.92 Å². The van der Waals surface area contributed by atoms with Crippen LogP contribution >= 0.6 is 12.2 Å². The van der Waals surface area contributed by atoms with Gasteiger partial charge in [-0.25, -0.2) is 18.2 Å². The molecule has 0 bridgehead atoms. The maximum Gasteiger partial charge on any atom is 0.264 e. The molecule has 0 amide bonds. The van der Waals surface area contributed by atoms with E-state index in [1.165, 1.54) is 30.3 Å². The molecule has 26 heavy (non-hydrogen) atoms. The second-order valence-electron chi connectivity index (χ2n) is 5.99. The lowest BCUT2D eigenvalue weighted by atomic mass is 10.1. The van der Waals surface area contributed by atoms with Crippen LogP contribution < -0.4 is 5.56 Å². The van der Waals surface area contributed by atoms with E-state index in [9.17, 15) is 18.0 Å². The van der Waals surface area contributed by atoms with Crippen LogP contribution in [0.3, 0.4) is 0 Å². The van der Waals surface area contributed by atoms with Gasteiger partial charge in [-0.2, -0.15) is 0 Å². The number of nitrogens with zero attached hydrogens (tertiary/aromatic N) is 2. The molecule has 0 aliphatic rings. The van der Waals surface area contributed by atoms with Crippen LogP contribution in [0.15, 0.2) is 35.1 Å². The van der Waals surface area contributed by atoms with E-state index in [0.29, 0.717) is 12.0 Å². The molecule has 0 saturated carbocycles. The number of pyridine rings is 1. The molecule has 0 aliphatic carbocycles. The summed E-state index contributed by atoms with van der Waals surface area (Å²) in [6.45, 7) is 3.78. The maximum atomic E-state index is 13.7. The van der Waals surface area contributed by atoms with Crippen molar-refractivity contribution in [2.24, 2.45) is 0 Å². The molecule has 1 N–H and O–H groups in total. The smallest absolute Gasteiger partial charge is 0.264 e. The monoisotopic (exact) mass is 379 g/mol. The van der Waals surface area contributed by atoms with Crippen LogP contribution in [-0.2, 0) is 0 Å². The largest absolute Gasteiger partial charge is 0.300 e. The van der Waals surface area contributed by atoms with Crippen molar-refractivity contribution in [2.45, 2.75) is 32.7 Å². The number of nitrogens with one attached hydrogen (secondary N) is 1. The number of aromatic amines is 1. The number of rotatable bonds is 4. The lowest BCUT2D eigenvalue weighted by Gasteiger charge is -2.18. The average Bonchev–Trinajstić information content (AvgIpc) is 2.60. The van der Waals surface area contributed by atoms with Crippen LogP contribution in [0.1, 0.15) is 38.3 Å². The molecule has 1 atom stereocenters. The molecule has 1 aromatic carbocycles. The highest BCUT2D eigenvalue weighted by atomic mass is 32.1. The van der Waals surface area contributed by atoms with Crippen molar-refractivity contribution >= 4 is 23.3 Å². The van der Waals surface area contributed by atoms with Crippen LogP contribution in [0.2, 0.25) is 0 Å². The van der Waals surface area contributed by atoms with E-state index in [1.54, 1.807) is 4.57 Å². The summed E-state index contributed by atoms with van der Waals surface area (Å²) >= 11 is 5.23. The van der Waals surface area contributed by atoms with Gasteiger partial charge in [-0.05, 0) is 55.9 Å². The Labute approximate surface area is 152 Å². The van der Waals surface area contributed by atoms with E-state index in [-0.39, 0.29) is 27.5 Å². The Morgan fingerprint density at radius 2 is 1.92 bits per heavy atom. The fourth-order valence-corrected chi connectivity index (χ4v) is 3.17. The standard InChI is InChI=1S/C18H16F3N3OS/c1-3-9(2)24-16-14(17(25)23-18(24)26)12(15(20)21)8-13(22-16)10-4-6-11(19)7-5-10/h4-9,15H,3H2,1-2H3,(H,23,25,26). The highest BCUT2D eigenvalue weighted by Crippen LogP contribution is 2.30. The number of alkyl halides is 2. The molecular formula is C18H16F3N3OS. The predicted molar refractivity (Wildman–Crippen MR) is 96.5 cm³/mol. The molecule has 0 fully saturated rings. The molecule has 0 aliphatic heterocycles. The molecule has 3 rings (SSSR count). The summed E-state index contributed by atoms with van der Waals surface area (Å²) in [4.78, 5) is 19.2. The number of hydrogen-bond donors (Lipinski definition) is 1. The quantitative estimate of drug-likeness (QED) is 0.637. The third-order valence-electron chi connectivity index (χ3n) is 4.33. The summed E-state index contributed by atoms with van der Waals surface area (Å²) < 4.78 is 42.2. The van der Waals surface area contributed by atoms with Gasteiger partial charge in [0.2, 0.25) is 0 Å². The van der Waals surface area contributed by atoms with Crippen molar-refractivity contribution in [2.75, 3.05) is 0 Å². The maximum absolute atomic E-state index is 13.7. The van der Waals surface area contributed by atoms with Crippen molar-refractivity contribution in [3.05, 3.63) is 56.8 Å². The van der Waals surface area contributed by atoms with E-state index in [1.807, 2.05) is 13.8 Å². The molecular weight excluding hydrogens is 363 g/mol. The van der Waals surface area contributed by atoms with Gasteiger partial charge in [0.05, 0.1) is 11.1 Å². The Kier molecular flexibility index (Phi) is 4.95. The van der Waals surface area contributed by atoms with E-state index in [0.717, 1.165) is 0 Å². The normalized spacial score (nSPS) is 12.7. The predicted octanol–water partition coefficient (Wildman–Crippen LogP) is 5.17. The van der Waals surface area contributed by atoms with E-state index in [4.69, 9.17) is 12.2 Å². The lowest BCUT2D eigenvalue weighted by Crippen LogP contribution is -2.19. The summed E-state index contributed by atoms with van der Waals surface area (Å²) in [7, 11) is 0. The first-order valence-corrected chi connectivity index (χ1v) is 8.47. The average molecular weight is 379 g/mol. The van der Waals surface area contributed by atoms with E-state index >= 15 is 0 Å². The van der Waals surface area contributed by atoms with Gasteiger partial charge in [0.25, 0.3) is 12.0 Å². The highest BCUT2D eigenvalue weighted by molar-refractivity contribution is 7.71. The molecule has 2 heterocycles. The first kappa shape index (κ1) is 18.3. The fourth-order valence-electron chi connectivity index (χ4n) is 2.81. The summed E-state index contributed by atoms with van der Waals surface area (Å²) in [5.41, 5.74) is -0.326. The highest BCUT2D eigenvalue weighted by Gasteiger charge is 2.21. The summed E-state index contributed by atoms with van der Waals surface area (Å²) in [6, 6.07) is 6.37. The number of aromatic nitrogens is 3. The number of fused-ring (bicyclic) bond motifs is 1. The minimum atomic E-state index is -2.87. The summed E-state index contributed by atoms with van der Waals surface area (Å²) in [5, 5.41) is -0.181. The Morgan fingerprint density at radius 3 is 2.50 bits per heavy atom. The minimum absolute atomic E-state index is 0.102. The Balaban J connectivity index is 2.45. The van der Waals surface area contributed by atoms with Crippen molar-refractivity contribution in [1.29, 1.82) is 0 Å². The fraction of sp³-hybridized carbons (Fsp3) is 0.278. The van der Waals surface area contributed by atoms with Crippen molar-refractivity contribution in [3.8, 4) is 11.3 Å². The van der Waals surface area contributed by atoms with Gasteiger partial charge in [0, 0.05) is 17.2 Å². The number of hydrogen-bond acceptors (Lipinski definition) is 3. The third-order valence-corrected chi connectivity index (χ3v) is 4.63. The minimum Gasteiger partial charge on any atom is -0.300 e. The third kappa shape index (κ3) is 3.16. The lowest BCUT2D eigenvalue weighted by molar-refractivity contribution is 0.153. The van der Waals surface area contributed by atoms with Gasteiger partial charge in [-0.3, -0.25) is 14.3 Å². The Hall–Kier alpha value is -2.48. The van der Waals surface area contributed by atoms with Gasteiger partial charge in [0.1, 0.15) is 11.5 Å². The van der Waals surface area contributed by atoms with Gasteiger partial charge < -0.3 is 0 Å². The summed E-state index contributed by atoms with van der Waals surface area (Å²) in [5.74, 6) is -0.442. The van der Waals surface area contributed by atoms with Crippen LogP contribution in [-0.4, -0.2) is 14.5 Å². The number of H-pyrrole nitrogens is 1. The summed E-state index contributed by atoms with van der Waals surface area (Å²) in [6.07, 6.45) is -2.20. The topological polar surface area (TPSA) is 50.7 Å². The van der Waals surface area contributed by atoms with Crippen molar-refractivity contribution in [3.63, 3.8) is 0 Å². The van der Waals surface area contributed by atoms with E-state index in [2.05, 4.69) is 9.97 Å². The van der Waals surface area contributed by atoms with Crippen LogP contribution in [0.4, 0.5) is 13.2 Å². The SMILES string of the molecule is CCC(C)n1c(=S)[nH]c(=O)c2c(C(F)F)cc(-c3ccc(F)cc3)nc21. The molecule has 0 saturated heterocycles. The van der Waals surface area contributed by atoms with Gasteiger partial charge in [0.15, 0.2) is 4.77 Å². The molecule has 1 unspecified atom stereocenters. The first-order chi connectivity index (χ1) is 12.3. The molecule has 4 nitrogen and oxygen atoms in total. The zero-order valence-corrected chi connectivity index (χ0v) is 14.9. The molecule has 0 radical (unpaired) electrons. The van der Waals surface area contributed by atoms with E-state index < -0.39 is 23.4 Å². The van der Waals surface area contributed by atoms with Gasteiger partial charge >= 0.3 is 0 Å². The second kappa shape index (κ2) is 7.03. The molecule has 136 valence electrons. The zero-order valence-electron chi connectivity index (χ0n) is 14.1. The van der Waals surface area contributed by atoms with Crippen LogP contribution in [0.5, 0.6) is 0 Å². The van der Waals surface area contributed by atoms with Crippen molar-refractivity contribution in [1.82, 2.24) is 14.5 Å². The Bertz CT molecular complexity index is 1070. The Morgan fingerprint density at radius 1 is 1.27 bits per heavy atom. The van der Waals surface area contributed by atoms with Gasteiger partial charge in [-0.15, -0.1) is 0 Å². The van der Waals surface area contributed by atoms with Crippen molar-refractivity contribution < 1.29 is 13.2 Å². The first-order valence-electron chi connectivity index (χ1n) is 8.07. The number of halogens is 3. The molecule has 2 aromatic heterocycles. The molecule has 0 spiro atoms. The molecule has 3 aromatic rings. The van der Waals surface area contributed by atoms with Crippen LogP contribution in [0.25, 0.3) is 22.3 Å². The number of benzene rings is 1. The zero-order chi connectivity index (χ0) is 19.0. The molecule has 8 heteroatoms.